The van der Waals surface area contributed by atoms with E-state index in [2.05, 4.69) is 473 Å². The number of benzene rings is 24. The van der Waals surface area contributed by atoms with Crippen molar-refractivity contribution in [1.82, 2.24) is 0 Å². The van der Waals surface area contributed by atoms with E-state index in [1.54, 1.807) is 0 Å². The van der Waals surface area contributed by atoms with Crippen molar-refractivity contribution in [2.24, 2.45) is 0 Å². The van der Waals surface area contributed by atoms with E-state index in [4.69, 9.17) is 0 Å². The summed E-state index contributed by atoms with van der Waals surface area (Å²) in [6.07, 6.45) is 0. The fraction of sp³-hybridized carbons (Fsp3) is 0. The zero-order valence-corrected chi connectivity index (χ0v) is 72.7. The zero-order valence-electron chi connectivity index (χ0n) is 70.3. The second kappa shape index (κ2) is 31.7. The SMILES string of the molecule is c1ccc(-c2c3ccccc3c(-c3ccc(-c4cccc5c4sc4c6ccccc6ccc54)cc3)c3ccccc23)cc1.c1ccc(-c2c3ccccc3c(-c3ccc(-c4cccc5c4sc4cc6ccccc6cc45)cc3)c3ccccc23)cc1.c1ccc(-c2c3ccccc3c(-c3ccc(-c4cccc5c4sc4ccc6ccccc6c45)cc3)c3ccccc23)cc1. The molecule has 600 valence electrons. The van der Waals surface area contributed by atoms with Crippen molar-refractivity contribution >= 4 is 191 Å². The number of thiophene rings is 3. The van der Waals surface area contributed by atoms with Gasteiger partial charge in [0.15, 0.2) is 0 Å². The van der Waals surface area contributed by atoms with Crippen LogP contribution in [0.2, 0.25) is 0 Å². The highest BCUT2D eigenvalue weighted by molar-refractivity contribution is 7.27. The van der Waals surface area contributed by atoms with Crippen LogP contribution in [0.4, 0.5) is 0 Å². The first kappa shape index (κ1) is 75.8. The molecule has 0 bridgehead atoms. The van der Waals surface area contributed by atoms with Crippen LogP contribution in [0.15, 0.2) is 473 Å². The molecule has 3 heteroatoms. The highest BCUT2D eigenvalue weighted by atomic mass is 32.1. The molecule has 0 saturated carbocycles. The van der Waals surface area contributed by atoms with E-state index in [9.17, 15) is 0 Å². The zero-order chi connectivity index (χ0) is 85.0. The van der Waals surface area contributed by atoms with Crippen LogP contribution in [0, 0.1) is 0 Å². The minimum absolute atomic E-state index is 1.24. The van der Waals surface area contributed by atoms with Crippen LogP contribution in [-0.2, 0) is 0 Å². The fourth-order valence-electron chi connectivity index (χ4n) is 20.8. The predicted octanol–water partition coefficient (Wildman–Crippen LogP) is 37.5. The summed E-state index contributed by atoms with van der Waals surface area (Å²) in [5.74, 6) is 0. The summed E-state index contributed by atoms with van der Waals surface area (Å²) in [7, 11) is 0. The number of hydrogen-bond acceptors (Lipinski definition) is 3. The van der Waals surface area contributed by atoms with Crippen molar-refractivity contribution in [3.63, 3.8) is 0 Å². The first-order valence-corrected chi connectivity index (χ1v) is 46.8. The molecule has 0 nitrogen and oxygen atoms in total. The fourth-order valence-corrected chi connectivity index (χ4v) is 24.7. The van der Waals surface area contributed by atoms with Gasteiger partial charge in [-0.1, -0.05) is 455 Å². The molecule has 129 heavy (non-hydrogen) atoms. The molecular formula is C126H78S3. The Kier molecular flexibility index (Phi) is 18.6. The molecule has 0 radical (unpaired) electrons. The molecule has 0 N–H and O–H groups in total. The van der Waals surface area contributed by atoms with E-state index in [-0.39, 0.29) is 0 Å². The van der Waals surface area contributed by atoms with Gasteiger partial charge in [-0.15, -0.1) is 34.0 Å². The minimum Gasteiger partial charge on any atom is -0.135 e. The molecule has 0 aliphatic rings. The molecule has 27 rings (SSSR count). The lowest BCUT2D eigenvalue weighted by atomic mass is 9.86. The minimum atomic E-state index is 1.24. The molecule has 0 aliphatic heterocycles. The average Bonchev–Trinajstić information content (AvgIpc) is 1.58. The molecule has 0 spiro atoms. The lowest BCUT2D eigenvalue weighted by Gasteiger charge is -2.18. The van der Waals surface area contributed by atoms with E-state index in [0.717, 1.165) is 0 Å². The van der Waals surface area contributed by atoms with E-state index < -0.39 is 0 Å². The first-order chi connectivity index (χ1) is 64.0. The van der Waals surface area contributed by atoms with Gasteiger partial charge in [0.25, 0.3) is 0 Å². The van der Waals surface area contributed by atoms with Crippen LogP contribution in [-0.4, -0.2) is 0 Å². The van der Waals surface area contributed by atoms with Gasteiger partial charge in [-0.25, -0.2) is 0 Å². The number of fused-ring (bicyclic) bond motifs is 20. The molecular weight excluding hydrogens is 1610 g/mol. The molecule has 0 atom stereocenters. The normalized spacial score (nSPS) is 11.7. The van der Waals surface area contributed by atoms with Crippen molar-refractivity contribution in [3.8, 4) is 100 Å². The lowest BCUT2D eigenvalue weighted by Crippen LogP contribution is -1.90. The monoisotopic (exact) mass is 1690 g/mol. The van der Waals surface area contributed by atoms with E-state index in [1.165, 1.54) is 258 Å². The van der Waals surface area contributed by atoms with Gasteiger partial charge < -0.3 is 0 Å². The summed E-state index contributed by atoms with van der Waals surface area (Å²) in [4.78, 5) is 0. The summed E-state index contributed by atoms with van der Waals surface area (Å²) in [6, 6.07) is 173. The van der Waals surface area contributed by atoms with Gasteiger partial charge >= 0.3 is 0 Å². The number of hydrogen-bond donors (Lipinski definition) is 0. The van der Waals surface area contributed by atoms with Crippen molar-refractivity contribution < 1.29 is 0 Å². The Hall–Kier alpha value is -15.7. The highest BCUT2D eigenvalue weighted by Gasteiger charge is 2.24. The molecule has 3 heterocycles. The second-order valence-electron chi connectivity index (χ2n) is 33.7. The third-order valence-electron chi connectivity index (χ3n) is 26.6. The smallest absolute Gasteiger partial charge is 0.0434 e. The molecule has 0 aliphatic carbocycles. The summed E-state index contributed by atoms with van der Waals surface area (Å²) >= 11 is 5.72. The maximum absolute atomic E-state index is 2.35. The summed E-state index contributed by atoms with van der Waals surface area (Å²) in [5.41, 5.74) is 22.9. The summed E-state index contributed by atoms with van der Waals surface area (Å²) in [6.45, 7) is 0. The van der Waals surface area contributed by atoms with Crippen molar-refractivity contribution in [1.29, 1.82) is 0 Å². The Balaban J connectivity index is 0.000000105. The Morgan fingerprint density at radius 2 is 0.364 bits per heavy atom. The van der Waals surface area contributed by atoms with Gasteiger partial charge in [0.2, 0.25) is 0 Å². The summed E-state index contributed by atoms with van der Waals surface area (Å²) in [5, 5.41) is 31.3. The Morgan fingerprint density at radius 1 is 0.116 bits per heavy atom. The molecule has 24 aromatic carbocycles. The average molecular weight is 1690 g/mol. The Morgan fingerprint density at radius 3 is 0.744 bits per heavy atom. The van der Waals surface area contributed by atoms with Gasteiger partial charge in [-0.2, -0.15) is 0 Å². The van der Waals surface area contributed by atoms with Crippen LogP contribution in [0.1, 0.15) is 0 Å². The van der Waals surface area contributed by atoms with Crippen molar-refractivity contribution in [3.05, 3.63) is 473 Å². The maximum Gasteiger partial charge on any atom is 0.0434 e. The highest BCUT2D eigenvalue weighted by Crippen LogP contribution is 2.52. The predicted molar refractivity (Wildman–Crippen MR) is 564 cm³/mol. The molecule has 3 aromatic heterocycles. The quantitative estimate of drug-likeness (QED) is 0.126. The van der Waals surface area contributed by atoms with Crippen LogP contribution in [0.25, 0.3) is 258 Å². The number of rotatable bonds is 9. The van der Waals surface area contributed by atoms with E-state index in [0.29, 0.717) is 0 Å². The molecule has 0 saturated heterocycles. The van der Waals surface area contributed by atoms with E-state index in [1.807, 2.05) is 34.0 Å². The van der Waals surface area contributed by atoms with Crippen LogP contribution < -0.4 is 0 Å². The third kappa shape index (κ3) is 12.9. The topological polar surface area (TPSA) is 0 Å². The first-order valence-electron chi connectivity index (χ1n) is 44.3. The standard InChI is InChI=1S/3C42H26S/c1-2-12-29(13-3-1)39-33-15-6-8-17-35(33)40(36-18-9-7-16-34(36)39)30-23-21-28(22-24-30)32-19-10-20-37-41-31-14-5-4-11-27(31)25-26-38(41)43-42(32)37;1-2-12-29(13-3-1)39-33-15-6-8-17-35(33)40(36-18-9-7-16-34(36)39)30-23-21-28(22-24-30)32-19-10-20-37-38-26-25-27-11-4-5-14-31(27)42(38)43-41(32)37;1-2-11-28(12-3-1)40-33-15-6-8-17-35(33)41(36-18-9-7-16-34(36)40)29-23-21-27(22-24-29)32-19-10-20-37-38-25-30-13-4-5-14-31(30)26-39(38)43-42(32)37/h3*1-26H. The molecule has 27 aromatic rings. The van der Waals surface area contributed by atoms with Crippen molar-refractivity contribution in [2.75, 3.05) is 0 Å². The Bertz CT molecular complexity index is 8720. The van der Waals surface area contributed by atoms with Crippen molar-refractivity contribution in [2.45, 2.75) is 0 Å². The maximum atomic E-state index is 2.35. The second-order valence-corrected chi connectivity index (χ2v) is 36.9. The van der Waals surface area contributed by atoms with E-state index >= 15 is 0 Å². The van der Waals surface area contributed by atoms with Gasteiger partial charge in [0.1, 0.15) is 0 Å². The molecule has 0 fully saturated rings. The van der Waals surface area contributed by atoms with Gasteiger partial charge in [-0.3, -0.25) is 0 Å². The van der Waals surface area contributed by atoms with Gasteiger partial charge in [0.05, 0.1) is 0 Å². The lowest BCUT2D eigenvalue weighted by molar-refractivity contribution is 1.64. The largest absolute Gasteiger partial charge is 0.135 e. The van der Waals surface area contributed by atoms with Crippen LogP contribution >= 0.6 is 34.0 Å². The van der Waals surface area contributed by atoms with Gasteiger partial charge in [0, 0.05) is 60.5 Å². The molecule has 0 unspecified atom stereocenters. The Labute approximate surface area is 758 Å². The summed E-state index contributed by atoms with van der Waals surface area (Å²) < 4.78 is 8.11. The van der Waals surface area contributed by atoms with Crippen LogP contribution in [0.3, 0.4) is 0 Å². The van der Waals surface area contributed by atoms with Crippen LogP contribution in [0.5, 0.6) is 0 Å². The third-order valence-corrected chi connectivity index (χ3v) is 30.3. The molecule has 0 amide bonds. The van der Waals surface area contributed by atoms with Gasteiger partial charge in [-0.05, 0) is 215 Å².